The van der Waals surface area contributed by atoms with Gasteiger partial charge in [-0.2, -0.15) is 0 Å². The Balaban J connectivity index is 0.00000324. The number of carbonyl (C=O) groups is 1. The Morgan fingerprint density at radius 3 is 2.37 bits per heavy atom. The summed E-state index contributed by atoms with van der Waals surface area (Å²) in [5.74, 6) is 0.864. The summed E-state index contributed by atoms with van der Waals surface area (Å²) in [4.78, 5) is 17.6. The minimum atomic E-state index is -0.470. The molecule has 0 amide bonds. The summed E-state index contributed by atoms with van der Waals surface area (Å²) in [5, 5.41) is 0. The average Bonchev–Trinajstić information content (AvgIpc) is 2.24. The number of piperidine rings is 1. The van der Waals surface area contributed by atoms with E-state index in [1.54, 1.807) is 0 Å². The molecule has 1 heterocycles. The zero-order chi connectivity index (χ0) is 13.8. The zero-order valence-corrected chi connectivity index (χ0v) is 14.6. The van der Waals surface area contributed by atoms with Crippen LogP contribution in [0.2, 0.25) is 0 Å². The minimum absolute atomic E-state index is 0. The number of aliphatic imine (C=N–C) groups is 1. The molecule has 0 spiro atoms. The number of likely N-dealkylation sites (tertiary alicyclic amines) is 1. The largest absolute Gasteiger partial charge is 0.459 e. The lowest BCUT2D eigenvalue weighted by molar-refractivity contribution is -0.152. The quantitative estimate of drug-likeness (QED) is 0.343. The molecule has 0 aromatic heterocycles. The van der Waals surface area contributed by atoms with Crippen molar-refractivity contribution in [2.45, 2.75) is 46.1 Å². The maximum Gasteiger partial charge on any atom is 0.328 e. The molecule has 0 atom stereocenters. The molecule has 0 aromatic rings. The van der Waals surface area contributed by atoms with E-state index in [1.807, 2.05) is 25.7 Å². The van der Waals surface area contributed by atoms with Crippen LogP contribution in [0.5, 0.6) is 0 Å². The van der Waals surface area contributed by atoms with E-state index in [1.165, 1.54) is 0 Å². The second-order valence-corrected chi connectivity index (χ2v) is 5.93. The average molecular weight is 383 g/mol. The third-order valence-electron chi connectivity index (χ3n) is 2.90. The monoisotopic (exact) mass is 383 g/mol. The van der Waals surface area contributed by atoms with Crippen molar-refractivity contribution in [1.82, 2.24) is 4.90 Å². The van der Waals surface area contributed by atoms with Crippen molar-refractivity contribution in [3.63, 3.8) is 0 Å². The van der Waals surface area contributed by atoms with Crippen molar-refractivity contribution in [3.05, 3.63) is 0 Å². The van der Waals surface area contributed by atoms with Crippen LogP contribution in [0.15, 0.2) is 4.99 Å². The van der Waals surface area contributed by atoms with Gasteiger partial charge in [-0.3, -0.25) is 4.79 Å². The summed E-state index contributed by atoms with van der Waals surface area (Å²) < 4.78 is 5.17. The molecule has 1 fully saturated rings. The maximum atomic E-state index is 11.5. The summed E-state index contributed by atoms with van der Waals surface area (Å²) >= 11 is 0. The third-order valence-corrected chi connectivity index (χ3v) is 2.90. The van der Waals surface area contributed by atoms with Crippen LogP contribution in [-0.4, -0.2) is 42.1 Å². The lowest BCUT2D eigenvalue weighted by Crippen LogP contribution is -2.42. The van der Waals surface area contributed by atoms with Gasteiger partial charge in [0.15, 0.2) is 5.96 Å². The first-order valence-corrected chi connectivity index (χ1v) is 6.54. The van der Waals surface area contributed by atoms with Gasteiger partial charge in [0.05, 0.1) is 0 Å². The number of nitrogens with two attached hydrogens (primary N) is 1. The lowest BCUT2D eigenvalue weighted by Gasteiger charge is -2.31. The van der Waals surface area contributed by atoms with Crippen molar-refractivity contribution in [3.8, 4) is 0 Å². The second-order valence-electron chi connectivity index (χ2n) is 5.93. The molecule has 0 radical (unpaired) electrons. The Morgan fingerprint density at radius 2 is 1.89 bits per heavy atom. The molecule has 2 N–H and O–H groups in total. The van der Waals surface area contributed by atoms with Crippen molar-refractivity contribution < 1.29 is 9.53 Å². The number of carbonyl (C=O) groups excluding carboxylic acids is 1. The molecule has 0 bridgehead atoms. The van der Waals surface area contributed by atoms with Crippen molar-refractivity contribution in [2.24, 2.45) is 16.6 Å². The lowest BCUT2D eigenvalue weighted by atomic mass is 10.00. The highest BCUT2D eigenvalue weighted by Crippen LogP contribution is 2.15. The summed E-state index contributed by atoms with van der Waals surface area (Å²) in [6.45, 7) is 9.59. The van der Waals surface area contributed by atoms with E-state index >= 15 is 0 Å². The van der Waals surface area contributed by atoms with E-state index in [2.05, 4.69) is 11.9 Å². The molecule has 1 rings (SSSR count). The molecule has 1 aliphatic heterocycles. The van der Waals surface area contributed by atoms with Gasteiger partial charge in [-0.1, -0.05) is 6.92 Å². The third kappa shape index (κ3) is 7.59. The van der Waals surface area contributed by atoms with Crippen molar-refractivity contribution >= 4 is 35.9 Å². The van der Waals surface area contributed by atoms with E-state index in [0.717, 1.165) is 31.8 Å². The molecule has 0 aliphatic carbocycles. The van der Waals surface area contributed by atoms with Crippen LogP contribution in [0.4, 0.5) is 0 Å². The SMILES string of the molecule is CC1CCN(C(N)=NCC(=O)OC(C)(C)C)CC1.I. The molecule has 5 nitrogen and oxygen atoms in total. The van der Waals surface area contributed by atoms with E-state index in [9.17, 15) is 4.79 Å². The van der Waals surface area contributed by atoms with Gasteiger partial charge in [0.25, 0.3) is 0 Å². The molecule has 112 valence electrons. The van der Waals surface area contributed by atoms with E-state index in [4.69, 9.17) is 10.5 Å². The molecular formula is C13H26IN3O2. The van der Waals surface area contributed by atoms with Crippen LogP contribution in [0.1, 0.15) is 40.5 Å². The van der Waals surface area contributed by atoms with E-state index in [-0.39, 0.29) is 36.5 Å². The number of halogens is 1. The molecule has 1 aliphatic rings. The molecule has 0 saturated carbocycles. The molecule has 1 saturated heterocycles. The van der Waals surface area contributed by atoms with Crippen LogP contribution in [0.25, 0.3) is 0 Å². The number of guanidine groups is 1. The summed E-state index contributed by atoms with van der Waals surface area (Å²) in [7, 11) is 0. The molecule has 19 heavy (non-hydrogen) atoms. The Labute approximate surface area is 133 Å². The van der Waals surface area contributed by atoms with Crippen LogP contribution >= 0.6 is 24.0 Å². The zero-order valence-electron chi connectivity index (χ0n) is 12.3. The van der Waals surface area contributed by atoms with E-state index in [0.29, 0.717) is 5.96 Å². The number of hydrogen-bond donors (Lipinski definition) is 1. The fourth-order valence-electron chi connectivity index (χ4n) is 1.86. The van der Waals surface area contributed by atoms with Crippen LogP contribution in [-0.2, 0) is 9.53 Å². The number of hydrogen-bond acceptors (Lipinski definition) is 3. The highest BCUT2D eigenvalue weighted by atomic mass is 127. The van der Waals surface area contributed by atoms with Crippen LogP contribution in [0.3, 0.4) is 0 Å². The topological polar surface area (TPSA) is 67.9 Å². The van der Waals surface area contributed by atoms with Gasteiger partial charge in [-0.15, -0.1) is 24.0 Å². The number of esters is 1. The van der Waals surface area contributed by atoms with E-state index < -0.39 is 5.60 Å². The molecular weight excluding hydrogens is 357 g/mol. The molecule has 0 aromatic carbocycles. The summed E-state index contributed by atoms with van der Waals surface area (Å²) in [6.07, 6.45) is 2.26. The first kappa shape index (κ1) is 18.5. The van der Waals surface area contributed by atoms with Gasteiger partial charge in [0.1, 0.15) is 12.1 Å². The first-order valence-electron chi connectivity index (χ1n) is 6.54. The predicted molar refractivity (Wildman–Crippen MR) is 87.7 cm³/mol. The Kier molecular flexibility index (Phi) is 7.69. The van der Waals surface area contributed by atoms with Gasteiger partial charge in [-0.05, 0) is 39.5 Å². The normalized spacial score (nSPS) is 17.9. The standard InChI is InChI=1S/C13H25N3O2.HI/c1-10-5-7-16(8-6-10)12(14)15-9-11(17)18-13(2,3)4;/h10H,5-9H2,1-4H3,(H2,14,15);1H. The van der Waals surface area contributed by atoms with Crippen molar-refractivity contribution in [2.75, 3.05) is 19.6 Å². The Morgan fingerprint density at radius 1 is 1.37 bits per heavy atom. The fraction of sp³-hybridized carbons (Fsp3) is 0.846. The van der Waals surface area contributed by atoms with Crippen LogP contribution in [0, 0.1) is 5.92 Å². The Hall–Kier alpha value is -0.530. The number of rotatable bonds is 2. The van der Waals surface area contributed by atoms with Gasteiger partial charge in [-0.25, -0.2) is 4.99 Å². The smallest absolute Gasteiger partial charge is 0.328 e. The highest BCUT2D eigenvalue weighted by molar-refractivity contribution is 14.0. The van der Waals surface area contributed by atoms with Crippen molar-refractivity contribution in [1.29, 1.82) is 0 Å². The van der Waals surface area contributed by atoms with Gasteiger partial charge in [0.2, 0.25) is 0 Å². The predicted octanol–water partition coefficient (Wildman–Crippen LogP) is 1.99. The molecule has 6 heteroatoms. The van der Waals surface area contributed by atoms with Crippen LogP contribution < -0.4 is 5.73 Å². The van der Waals surface area contributed by atoms with Gasteiger partial charge in [0, 0.05) is 13.1 Å². The number of ether oxygens (including phenoxy) is 1. The summed E-state index contributed by atoms with van der Waals surface area (Å²) in [5.41, 5.74) is 5.40. The maximum absolute atomic E-state index is 11.5. The minimum Gasteiger partial charge on any atom is -0.459 e. The Bertz CT molecular complexity index is 318. The highest BCUT2D eigenvalue weighted by Gasteiger charge is 2.18. The number of nitrogens with zero attached hydrogens (tertiary/aromatic N) is 2. The first-order chi connectivity index (χ1) is 8.28. The summed E-state index contributed by atoms with van der Waals surface area (Å²) in [6, 6.07) is 0. The second kappa shape index (κ2) is 7.91. The molecule has 0 unspecified atom stereocenters. The van der Waals surface area contributed by atoms with Gasteiger partial charge < -0.3 is 15.4 Å². The van der Waals surface area contributed by atoms with Gasteiger partial charge >= 0.3 is 5.97 Å². The fourth-order valence-corrected chi connectivity index (χ4v) is 1.86.